The Balaban J connectivity index is 1.59. The van der Waals surface area contributed by atoms with Gasteiger partial charge in [-0.05, 0) is 36.6 Å². The molecule has 1 fully saturated rings. The van der Waals surface area contributed by atoms with Crippen molar-refractivity contribution in [2.24, 2.45) is 5.92 Å². The molecule has 2 atom stereocenters. The van der Waals surface area contributed by atoms with Crippen LogP contribution in [0.4, 0.5) is 0 Å². The van der Waals surface area contributed by atoms with Gasteiger partial charge in [0.1, 0.15) is 5.75 Å². The van der Waals surface area contributed by atoms with Gasteiger partial charge in [0.15, 0.2) is 0 Å². The summed E-state index contributed by atoms with van der Waals surface area (Å²) in [4.78, 5) is 14.6. The van der Waals surface area contributed by atoms with Crippen molar-refractivity contribution in [1.82, 2.24) is 9.47 Å². The molecule has 5 heteroatoms. The molecule has 2 aromatic rings. The van der Waals surface area contributed by atoms with Crippen molar-refractivity contribution < 1.29 is 4.74 Å². The van der Waals surface area contributed by atoms with E-state index in [4.69, 9.17) is 4.74 Å². The number of hydrogen-bond acceptors (Lipinski definition) is 3. The molecule has 0 N–H and O–H groups in total. The molecule has 1 aromatic heterocycles. The van der Waals surface area contributed by atoms with Crippen LogP contribution in [-0.2, 0) is 13.1 Å². The lowest BCUT2D eigenvalue weighted by Gasteiger charge is -2.42. The summed E-state index contributed by atoms with van der Waals surface area (Å²) in [5.74, 6) is 1.93. The van der Waals surface area contributed by atoms with E-state index >= 15 is 0 Å². The average Bonchev–Trinajstić information content (AvgIpc) is 2.56. The van der Waals surface area contributed by atoms with Gasteiger partial charge < -0.3 is 9.30 Å². The number of rotatable bonds is 3. The number of nitrogens with zero attached hydrogens (tertiary/aromatic N) is 2. The summed E-state index contributed by atoms with van der Waals surface area (Å²) in [6, 6.07) is 11.8. The van der Waals surface area contributed by atoms with E-state index in [9.17, 15) is 4.79 Å². The van der Waals surface area contributed by atoms with Crippen molar-refractivity contribution in [2.75, 3.05) is 20.2 Å². The summed E-state index contributed by atoms with van der Waals surface area (Å²) >= 11 is 3.56. The minimum absolute atomic E-state index is 0.143. The van der Waals surface area contributed by atoms with Crippen molar-refractivity contribution in [1.29, 1.82) is 0 Å². The minimum atomic E-state index is 0.143. The second-order valence-electron chi connectivity index (χ2n) is 6.85. The lowest BCUT2D eigenvalue weighted by atomic mass is 9.83. The van der Waals surface area contributed by atoms with E-state index in [1.165, 1.54) is 17.7 Å². The lowest BCUT2D eigenvalue weighted by molar-refractivity contribution is 0.113. The van der Waals surface area contributed by atoms with Crippen LogP contribution in [0, 0.1) is 5.92 Å². The SMILES string of the molecule is COc1ccc(Br)cc1CN1C[C@H]2C[C@@H](C1)c1cccc(=O)n1C2. The summed E-state index contributed by atoms with van der Waals surface area (Å²) in [7, 11) is 1.72. The molecule has 0 saturated carbocycles. The van der Waals surface area contributed by atoms with Crippen molar-refractivity contribution in [3.8, 4) is 5.75 Å². The van der Waals surface area contributed by atoms with Crippen molar-refractivity contribution in [3.05, 3.63) is 62.5 Å². The van der Waals surface area contributed by atoms with Gasteiger partial charge in [0, 0.05) is 53.9 Å². The van der Waals surface area contributed by atoms with Gasteiger partial charge in [-0.25, -0.2) is 0 Å². The van der Waals surface area contributed by atoms with Crippen LogP contribution in [0.25, 0.3) is 0 Å². The predicted octanol–water partition coefficient (Wildman–Crippen LogP) is 3.24. The monoisotopic (exact) mass is 388 g/mol. The molecule has 1 aromatic carbocycles. The Morgan fingerprint density at radius 3 is 2.92 bits per heavy atom. The first-order valence-corrected chi connectivity index (χ1v) is 9.18. The highest BCUT2D eigenvalue weighted by molar-refractivity contribution is 9.10. The lowest BCUT2D eigenvalue weighted by Crippen LogP contribution is -2.46. The second-order valence-corrected chi connectivity index (χ2v) is 7.76. The summed E-state index contributed by atoms with van der Waals surface area (Å²) in [6.07, 6.45) is 1.19. The molecule has 4 nitrogen and oxygen atoms in total. The average molecular weight is 389 g/mol. The van der Waals surface area contributed by atoms with E-state index in [1.807, 2.05) is 22.8 Å². The molecule has 24 heavy (non-hydrogen) atoms. The van der Waals surface area contributed by atoms with Gasteiger partial charge in [0.25, 0.3) is 5.56 Å². The molecule has 0 unspecified atom stereocenters. The van der Waals surface area contributed by atoms with Gasteiger partial charge in [-0.3, -0.25) is 9.69 Å². The molecular formula is C19H21BrN2O2. The first-order chi connectivity index (χ1) is 11.6. The number of likely N-dealkylation sites (tertiary alicyclic amines) is 1. The van der Waals surface area contributed by atoms with E-state index in [0.717, 1.165) is 36.4 Å². The smallest absolute Gasteiger partial charge is 0.250 e. The Hall–Kier alpha value is -1.59. The zero-order valence-electron chi connectivity index (χ0n) is 13.7. The molecule has 1 saturated heterocycles. The van der Waals surface area contributed by atoms with Crippen molar-refractivity contribution >= 4 is 15.9 Å². The molecule has 0 radical (unpaired) electrons. The van der Waals surface area contributed by atoms with Gasteiger partial charge in [0.2, 0.25) is 0 Å². The van der Waals surface area contributed by atoms with Gasteiger partial charge >= 0.3 is 0 Å². The van der Waals surface area contributed by atoms with Crippen LogP contribution in [0.5, 0.6) is 5.75 Å². The fourth-order valence-corrected chi connectivity index (χ4v) is 4.64. The van der Waals surface area contributed by atoms with Crippen molar-refractivity contribution in [3.63, 3.8) is 0 Å². The molecule has 2 aliphatic rings. The molecule has 2 aliphatic heterocycles. The summed E-state index contributed by atoms with van der Waals surface area (Å²) < 4.78 is 8.57. The number of benzene rings is 1. The predicted molar refractivity (Wildman–Crippen MR) is 97.5 cm³/mol. The highest BCUT2D eigenvalue weighted by Crippen LogP contribution is 2.36. The van der Waals surface area contributed by atoms with Crippen molar-refractivity contribution in [2.45, 2.75) is 25.4 Å². The van der Waals surface area contributed by atoms with E-state index in [1.54, 1.807) is 13.2 Å². The molecule has 4 rings (SSSR count). The van der Waals surface area contributed by atoms with Crippen LogP contribution >= 0.6 is 15.9 Å². The Morgan fingerprint density at radius 1 is 1.21 bits per heavy atom. The first kappa shape index (κ1) is 15.9. The van der Waals surface area contributed by atoms with Crippen LogP contribution in [0.1, 0.15) is 23.6 Å². The number of hydrogen-bond donors (Lipinski definition) is 0. The van der Waals surface area contributed by atoms with Gasteiger partial charge in [-0.15, -0.1) is 0 Å². The summed E-state index contributed by atoms with van der Waals surface area (Å²) in [6.45, 7) is 3.76. The Bertz CT molecular complexity index is 817. The topological polar surface area (TPSA) is 34.5 Å². The van der Waals surface area contributed by atoms with Crippen LogP contribution in [0.3, 0.4) is 0 Å². The largest absolute Gasteiger partial charge is 0.496 e. The number of ether oxygens (including phenoxy) is 1. The number of pyridine rings is 1. The highest BCUT2D eigenvalue weighted by Gasteiger charge is 2.34. The zero-order valence-corrected chi connectivity index (χ0v) is 15.3. The maximum absolute atomic E-state index is 12.1. The third-order valence-electron chi connectivity index (χ3n) is 5.19. The third-order valence-corrected chi connectivity index (χ3v) is 5.69. The van der Waals surface area contributed by atoms with Crippen LogP contribution < -0.4 is 10.3 Å². The molecule has 0 aliphatic carbocycles. The zero-order chi connectivity index (χ0) is 16.7. The van der Waals surface area contributed by atoms with Crippen LogP contribution in [0.15, 0.2) is 45.7 Å². The van der Waals surface area contributed by atoms with Crippen LogP contribution in [-0.4, -0.2) is 29.7 Å². The number of piperidine rings is 1. The Kier molecular flexibility index (Phi) is 4.22. The van der Waals surface area contributed by atoms with E-state index in [0.29, 0.717) is 11.8 Å². The van der Waals surface area contributed by atoms with Gasteiger partial charge in [-0.2, -0.15) is 0 Å². The second kappa shape index (κ2) is 6.37. The van der Waals surface area contributed by atoms with E-state index < -0.39 is 0 Å². The van der Waals surface area contributed by atoms with Crippen LogP contribution in [0.2, 0.25) is 0 Å². The fourth-order valence-electron chi connectivity index (χ4n) is 4.24. The van der Waals surface area contributed by atoms with E-state index in [2.05, 4.69) is 33.0 Å². The minimum Gasteiger partial charge on any atom is -0.496 e. The normalized spacial score (nSPS) is 22.9. The van der Waals surface area contributed by atoms with E-state index in [-0.39, 0.29) is 5.56 Å². The Labute approximate surface area is 150 Å². The molecule has 2 bridgehead atoms. The fraction of sp³-hybridized carbons (Fsp3) is 0.421. The molecule has 0 amide bonds. The molecule has 0 spiro atoms. The summed E-state index contributed by atoms with van der Waals surface area (Å²) in [5.41, 5.74) is 2.55. The van der Waals surface area contributed by atoms with Gasteiger partial charge in [-0.1, -0.05) is 22.0 Å². The number of aromatic nitrogens is 1. The highest BCUT2D eigenvalue weighted by atomic mass is 79.9. The third kappa shape index (κ3) is 2.91. The first-order valence-electron chi connectivity index (χ1n) is 8.38. The van der Waals surface area contributed by atoms with Gasteiger partial charge in [0.05, 0.1) is 7.11 Å². The number of methoxy groups -OCH3 is 1. The number of halogens is 1. The quantitative estimate of drug-likeness (QED) is 0.809. The maximum Gasteiger partial charge on any atom is 0.250 e. The number of fused-ring (bicyclic) bond motifs is 4. The Morgan fingerprint density at radius 2 is 2.08 bits per heavy atom. The standard InChI is InChI=1S/C19H21BrN2O2/c1-24-18-6-5-16(20)8-15(18)12-21-9-13-7-14(11-21)17-3-2-4-19(23)22(17)10-13/h2-6,8,13-14H,7,9-12H2,1H3/t13-,14+/m1/s1. The molecule has 126 valence electrons. The summed E-state index contributed by atoms with van der Waals surface area (Å²) in [5, 5.41) is 0. The molecular weight excluding hydrogens is 368 g/mol. The maximum atomic E-state index is 12.1. The molecule has 3 heterocycles.